The van der Waals surface area contributed by atoms with E-state index in [9.17, 15) is 23.9 Å². The van der Waals surface area contributed by atoms with Crippen molar-refractivity contribution in [3.05, 3.63) is 98.4 Å². The second-order valence-corrected chi connectivity index (χ2v) is 12.9. The molecule has 246 valence electrons. The third-order valence-electron chi connectivity index (χ3n) is 9.30. The number of thiazole rings is 1. The Hall–Kier alpha value is -4.49. The number of ether oxygens (including phenoxy) is 1. The van der Waals surface area contributed by atoms with Crippen molar-refractivity contribution in [2.75, 3.05) is 32.8 Å². The lowest BCUT2D eigenvalue weighted by molar-refractivity contribution is -0.142. The number of carbonyl (C=O) groups excluding carboxylic acids is 2. The second kappa shape index (κ2) is 13.0. The Labute approximate surface area is 274 Å². The molecule has 4 atom stereocenters. The van der Waals surface area contributed by atoms with E-state index in [-0.39, 0.29) is 50.3 Å². The maximum Gasteiger partial charge on any atom is 0.338 e. The Kier molecular flexibility index (Phi) is 8.95. The molecule has 0 aliphatic carbocycles. The van der Waals surface area contributed by atoms with Crippen LogP contribution in [0.3, 0.4) is 0 Å². The summed E-state index contributed by atoms with van der Waals surface area (Å²) in [5.74, 6) is -2.83. The monoisotopic (exact) mass is 663 g/mol. The zero-order valence-corrected chi connectivity index (χ0v) is 27.0. The van der Waals surface area contributed by atoms with Crippen LogP contribution in [-0.4, -0.2) is 82.0 Å². The molecule has 2 aromatic carbocycles. The van der Waals surface area contributed by atoms with Gasteiger partial charge in [0.25, 0.3) is 5.91 Å². The van der Waals surface area contributed by atoms with E-state index in [2.05, 4.69) is 10.3 Å². The van der Waals surface area contributed by atoms with Gasteiger partial charge in [-0.15, -0.1) is 11.3 Å². The van der Waals surface area contributed by atoms with Crippen LogP contribution in [0.1, 0.15) is 64.4 Å². The van der Waals surface area contributed by atoms with Crippen LogP contribution in [0.2, 0.25) is 0 Å². The van der Waals surface area contributed by atoms with Crippen molar-refractivity contribution in [3.8, 4) is 0 Å². The van der Waals surface area contributed by atoms with E-state index in [1.54, 1.807) is 44.3 Å². The number of hydrogen-bond acceptors (Lipinski definition) is 9. The lowest BCUT2D eigenvalue weighted by atomic mass is 9.84. The van der Waals surface area contributed by atoms with Crippen molar-refractivity contribution in [2.24, 2.45) is 10.9 Å². The Morgan fingerprint density at radius 2 is 1.98 bits per heavy atom. The summed E-state index contributed by atoms with van der Waals surface area (Å²) >= 11 is 1.36. The number of rotatable bonds is 9. The Morgan fingerprint density at radius 3 is 2.66 bits per heavy atom. The number of carboxylic acids is 1. The van der Waals surface area contributed by atoms with E-state index < -0.39 is 47.3 Å². The van der Waals surface area contributed by atoms with Gasteiger partial charge in [-0.05, 0) is 55.7 Å². The molecule has 2 saturated heterocycles. The lowest BCUT2D eigenvalue weighted by Crippen LogP contribution is -2.52. The number of benzene rings is 2. The normalized spacial score (nSPS) is 23.6. The summed E-state index contributed by atoms with van der Waals surface area (Å²) in [5.41, 5.74) is 0.414. The van der Waals surface area contributed by atoms with Crippen LogP contribution in [0, 0.1) is 18.7 Å². The van der Waals surface area contributed by atoms with Crippen molar-refractivity contribution in [2.45, 2.75) is 44.9 Å². The number of aromatic carboxylic acids is 1. The molecular formula is C34H35F2N5O5S. The molecule has 0 bridgehead atoms. The zero-order valence-electron chi connectivity index (χ0n) is 26.2. The number of carbonyl (C=O) groups is 3. The van der Waals surface area contributed by atoms with Gasteiger partial charge in [-0.3, -0.25) is 14.7 Å². The molecule has 3 aliphatic rings. The Morgan fingerprint density at radius 1 is 1.21 bits per heavy atom. The fourth-order valence-corrected chi connectivity index (χ4v) is 7.25. The van der Waals surface area contributed by atoms with Crippen molar-refractivity contribution < 1.29 is 33.0 Å². The summed E-state index contributed by atoms with van der Waals surface area (Å²) < 4.78 is 36.7. The van der Waals surface area contributed by atoms with Crippen LogP contribution < -0.4 is 5.32 Å². The predicted molar refractivity (Wildman–Crippen MR) is 171 cm³/mol. The van der Waals surface area contributed by atoms with Crippen LogP contribution in [0.4, 0.5) is 8.78 Å². The lowest BCUT2D eigenvalue weighted by Gasteiger charge is -2.38. The van der Waals surface area contributed by atoms with Crippen molar-refractivity contribution in [1.29, 1.82) is 0 Å². The number of carboxylic acid groups (broad SMARTS) is 1. The molecule has 3 aliphatic heterocycles. The second-order valence-electron chi connectivity index (χ2n) is 12.0. The number of likely N-dealkylation sites (tertiary alicyclic amines) is 2. The third kappa shape index (κ3) is 6.05. The third-order valence-corrected chi connectivity index (χ3v) is 10.1. The molecule has 1 amide bonds. The van der Waals surface area contributed by atoms with Crippen molar-refractivity contribution in [1.82, 2.24) is 20.1 Å². The summed E-state index contributed by atoms with van der Waals surface area (Å²) in [4.78, 5) is 51.1. The standard InChI is InChI=1S/C34H35F2N5O5S/c1-4-46-32(44)27-26(38-29(30-37-13-15-47-30)39-28(27)24-6-5-7-25(35)19(24)2)18-40-14-12-34(36)23(16-40)17-41(33(34)45)20(3)21-8-10-22(11-9-21)31(42)43/h5-11,13,15,20,23,28H,4,12,14,16-18H2,1-3H3,(H,38,39)(H,42,43)/t20-,23-,28-,34+/m0/s1. The first-order chi connectivity index (χ1) is 22.5. The summed E-state index contributed by atoms with van der Waals surface area (Å²) in [5, 5.41) is 14.9. The van der Waals surface area contributed by atoms with Gasteiger partial charge in [0.2, 0.25) is 0 Å². The van der Waals surface area contributed by atoms with Gasteiger partial charge in [0.1, 0.15) is 11.9 Å². The van der Waals surface area contributed by atoms with Gasteiger partial charge in [-0.2, -0.15) is 0 Å². The number of amides is 1. The van der Waals surface area contributed by atoms with Gasteiger partial charge < -0.3 is 20.1 Å². The number of fused-ring (bicyclic) bond motifs is 1. The molecule has 2 fully saturated rings. The number of amidine groups is 1. The van der Waals surface area contributed by atoms with E-state index >= 15 is 4.39 Å². The van der Waals surface area contributed by atoms with Gasteiger partial charge in [0, 0.05) is 55.8 Å². The molecule has 1 aromatic heterocycles. The molecule has 13 heteroatoms. The highest BCUT2D eigenvalue weighted by molar-refractivity contribution is 7.11. The van der Waals surface area contributed by atoms with Crippen molar-refractivity contribution in [3.63, 3.8) is 0 Å². The van der Waals surface area contributed by atoms with Gasteiger partial charge in [-0.1, -0.05) is 24.3 Å². The minimum atomic E-state index is -2.04. The van der Waals surface area contributed by atoms with Crippen LogP contribution in [0.25, 0.3) is 0 Å². The van der Waals surface area contributed by atoms with E-state index in [1.807, 2.05) is 17.2 Å². The fraction of sp³-hybridized carbons (Fsp3) is 0.382. The number of hydrogen-bond donors (Lipinski definition) is 2. The topological polar surface area (TPSA) is 124 Å². The van der Waals surface area contributed by atoms with E-state index in [0.717, 1.165) is 0 Å². The van der Waals surface area contributed by atoms with Crippen LogP contribution in [0.5, 0.6) is 0 Å². The van der Waals surface area contributed by atoms with Gasteiger partial charge >= 0.3 is 11.9 Å². The number of nitrogens with zero attached hydrogens (tertiary/aromatic N) is 4. The molecule has 0 radical (unpaired) electrons. The van der Waals surface area contributed by atoms with E-state index in [4.69, 9.17) is 9.73 Å². The summed E-state index contributed by atoms with van der Waals surface area (Å²) in [7, 11) is 0. The minimum Gasteiger partial charge on any atom is -0.478 e. The van der Waals surface area contributed by atoms with Gasteiger partial charge in [0.05, 0.1) is 23.8 Å². The number of esters is 1. The highest BCUT2D eigenvalue weighted by atomic mass is 32.1. The molecular weight excluding hydrogens is 628 g/mol. The number of nitrogens with one attached hydrogen (secondary N) is 1. The van der Waals surface area contributed by atoms with Crippen LogP contribution in [0.15, 0.2) is 70.3 Å². The molecule has 10 nitrogen and oxygen atoms in total. The number of piperidine rings is 1. The fourth-order valence-electron chi connectivity index (χ4n) is 6.67. The Balaban J connectivity index is 1.29. The van der Waals surface area contributed by atoms with Crippen LogP contribution >= 0.6 is 11.3 Å². The molecule has 0 saturated carbocycles. The van der Waals surface area contributed by atoms with Gasteiger partial charge in [0.15, 0.2) is 16.5 Å². The molecule has 6 rings (SSSR count). The van der Waals surface area contributed by atoms with Crippen molar-refractivity contribution >= 4 is 35.0 Å². The first-order valence-corrected chi connectivity index (χ1v) is 16.3. The minimum absolute atomic E-state index is 0.0282. The highest BCUT2D eigenvalue weighted by Crippen LogP contribution is 2.43. The van der Waals surface area contributed by atoms with E-state index in [1.165, 1.54) is 34.4 Å². The molecule has 0 unspecified atom stereocenters. The van der Waals surface area contributed by atoms with Gasteiger partial charge in [-0.25, -0.2) is 23.4 Å². The first-order valence-electron chi connectivity index (χ1n) is 15.5. The molecule has 47 heavy (non-hydrogen) atoms. The molecule has 4 heterocycles. The molecule has 3 aromatic rings. The first kappa shape index (κ1) is 32.5. The smallest absolute Gasteiger partial charge is 0.338 e. The van der Waals surface area contributed by atoms with E-state index in [0.29, 0.717) is 33.2 Å². The summed E-state index contributed by atoms with van der Waals surface area (Å²) in [6, 6.07) is 9.59. The average Bonchev–Trinajstić information content (AvgIpc) is 3.69. The Bertz CT molecular complexity index is 1760. The maximum absolute atomic E-state index is 16.5. The zero-order chi connectivity index (χ0) is 33.5. The number of alkyl halides is 1. The average molecular weight is 664 g/mol. The number of halogens is 2. The number of aliphatic imine (C=N–C) groups is 1. The highest BCUT2D eigenvalue weighted by Gasteiger charge is 2.58. The molecule has 0 spiro atoms. The quantitative estimate of drug-likeness (QED) is 0.312. The maximum atomic E-state index is 16.5. The molecule has 2 N–H and O–H groups in total. The summed E-state index contributed by atoms with van der Waals surface area (Å²) in [6.07, 6.45) is 1.62. The largest absolute Gasteiger partial charge is 0.478 e. The number of aromatic nitrogens is 1. The SMILES string of the molecule is CCOC(=O)C1=C(CN2CC[C@]3(F)C(=O)N([C@@H](C)c4ccc(C(=O)O)cc4)C[C@@H]3C2)NC(c2nccs2)=N[C@H]1c1cccc(F)c1C. The van der Waals surface area contributed by atoms with Crippen LogP contribution in [-0.2, 0) is 14.3 Å². The predicted octanol–water partition coefficient (Wildman–Crippen LogP) is 4.83. The summed E-state index contributed by atoms with van der Waals surface area (Å²) in [6.45, 7) is 6.17.